The van der Waals surface area contributed by atoms with Gasteiger partial charge in [0.25, 0.3) is 5.92 Å². The van der Waals surface area contributed by atoms with E-state index in [9.17, 15) is 13.6 Å². The lowest BCUT2D eigenvalue weighted by molar-refractivity contribution is -0.00595. The number of primary amides is 1. The molecule has 1 saturated heterocycles. The number of carbonyl (C=O) groups is 1. The molecule has 25 heavy (non-hydrogen) atoms. The molecule has 1 amide bonds. The Morgan fingerprint density at radius 1 is 1.28 bits per heavy atom. The van der Waals surface area contributed by atoms with Crippen molar-refractivity contribution in [1.82, 2.24) is 9.97 Å². The second-order valence-corrected chi connectivity index (χ2v) is 6.68. The van der Waals surface area contributed by atoms with E-state index in [2.05, 4.69) is 9.97 Å². The van der Waals surface area contributed by atoms with Gasteiger partial charge in [-0.2, -0.15) is 8.78 Å². The molecule has 0 bridgehead atoms. The fourth-order valence-electron chi connectivity index (χ4n) is 3.38. The highest BCUT2D eigenvalue weighted by molar-refractivity contribution is 5.93. The Morgan fingerprint density at radius 2 is 2.00 bits per heavy atom. The molecule has 0 saturated carbocycles. The summed E-state index contributed by atoms with van der Waals surface area (Å²) in [6.45, 7) is 2.80. The lowest BCUT2D eigenvalue weighted by Crippen LogP contribution is -2.47. The number of anilines is 1. The number of alkyl halides is 2. The van der Waals surface area contributed by atoms with Gasteiger partial charge < -0.3 is 10.6 Å². The van der Waals surface area contributed by atoms with E-state index in [0.717, 1.165) is 13.0 Å². The van der Waals surface area contributed by atoms with E-state index >= 15 is 0 Å². The van der Waals surface area contributed by atoms with Crippen LogP contribution in [0.4, 0.5) is 14.7 Å². The van der Waals surface area contributed by atoms with Crippen molar-refractivity contribution < 1.29 is 13.6 Å². The molecule has 7 heteroatoms. The number of benzene rings is 1. The van der Waals surface area contributed by atoms with Crippen LogP contribution in [-0.4, -0.2) is 28.5 Å². The third-order valence-corrected chi connectivity index (χ3v) is 5.05. The summed E-state index contributed by atoms with van der Waals surface area (Å²) in [5.74, 6) is -3.10. The number of hydrogen-bond donors (Lipinski definition) is 1. The summed E-state index contributed by atoms with van der Waals surface area (Å²) in [7, 11) is 0. The molecule has 2 aliphatic rings. The van der Waals surface area contributed by atoms with Gasteiger partial charge in [0.2, 0.25) is 11.9 Å². The molecule has 0 spiro atoms. The highest BCUT2D eigenvalue weighted by atomic mass is 19.3. The standard InChI is InChI=1S/C18H18F2N4O/c1-10-7-9-24(10)17-22-14(11-2-4-12(5-3-11)16(21)25)13-6-8-18(19,20)15(13)23-17/h2-5,10H,6-9H2,1H3,(H2,21,25)/t10-/m0/s1. The molecule has 1 aromatic heterocycles. The maximum Gasteiger partial charge on any atom is 0.290 e. The Hall–Kier alpha value is -2.57. The topological polar surface area (TPSA) is 72.1 Å². The van der Waals surface area contributed by atoms with Crippen LogP contribution in [-0.2, 0) is 12.3 Å². The Kier molecular flexibility index (Phi) is 3.49. The van der Waals surface area contributed by atoms with Crippen molar-refractivity contribution >= 4 is 11.9 Å². The van der Waals surface area contributed by atoms with Crippen LogP contribution in [0.1, 0.15) is 41.4 Å². The molecule has 0 radical (unpaired) electrons. The molecule has 4 rings (SSSR count). The van der Waals surface area contributed by atoms with Crippen LogP contribution >= 0.6 is 0 Å². The van der Waals surface area contributed by atoms with Crippen molar-refractivity contribution in [2.45, 2.75) is 38.2 Å². The minimum Gasteiger partial charge on any atom is -0.366 e. The van der Waals surface area contributed by atoms with Gasteiger partial charge in [-0.15, -0.1) is 0 Å². The van der Waals surface area contributed by atoms with E-state index < -0.39 is 11.8 Å². The van der Waals surface area contributed by atoms with Crippen LogP contribution in [0.15, 0.2) is 24.3 Å². The Balaban J connectivity index is 1.85. The summed E-state index contributed by atoms with van der Waals surface area (Å²) in [6, 6.07) is 6.82. The first-order valence-corrected chi connectivity index (χ1v) is 8.33. The molecule has 1 atom stereocenters. The van der Waals surface area contributed by atoms with Gasteiger partial charge in [0, 0.05) is 35.7 Å². The monoisotopic (exact) mass is 344 g/mol. The second kappa shape index (κ2) is 5.47. The van der Waals surface area contributed by atoms with Crippen molar-refractivity contribution in [2.75, 3.05) is 11.4 Å². The van der Waals surface area contributed by atoms with E-state index in [1.54, 1.807) is 24.3 Å². The van der Waals surface area contributed by atoms with E-state index in [1.165, 1.54) is 0 Å². The van der Waals surface area contributed by atoms with Gasteiger partial charge in [0.1, 0.15) is 5.69 Å². The maximum atomic E-state index is 14.3. The SMILES string of the molecule is C[C@H]1CCN1c1nc(-c2ccc(C(N)=O)cc2)c2c(n1)C(F)(F)CC2. The number of aromatic nitrogens is 2. The molecule has 1 fully saturated rings. The van der Waals surface area contributed by atoms with Crippen LogP contribution < -0.4 is 10.6 Å². The number of rotatable bonds is 3. The fraction of sp³-hybridized carbons (Fsp3) is 0.389. The van der Waals surface area contributed by atoms with Gasteiger partial charge in [0.15, 0.2) is 0 Å². The summed E-state index contributed by atoms with van der Waals surface area (Å²) in [5.41, 5.74) is 7.18. The van der Waals surface area contributed by atoms with Crippen molar-refractivity contribution in [3.05, 3.63) is 41.1 Å². The minimum absolute atomic E-state index is 0.162. The third-order valence-electron chi connectivity index (χ3n) is 5.05. The Bertz CT molecular complexity index is 851. The minimum atomic E-state index is -2.93. The number of amides is 1. The molecule has 1 aliphatic heterocycles. The first-order valence-electron chi connectivity index (χ1n) is 8.33. The zero-order chi connectivity index (χ0) is 17.8. The van der Waals surface area contributed by atoms with Gasteiger partial charge in [-0.1, -0.05) is 12.1 Å². The van der Waals surface area contributed by atoms with Gasteiger partial charge in [-0.05, 0) is 31.9 Å². The van der Waals surface area contributed by atoms with Crippen molar-refractivity contribution in [2.24, 2.45) is 5.73 Å². The Labute approximate surface area is 143 Å². The average Bonchev–Trinajstić information content (AvgIpc) is 2.88. The largest absolute Gasteiger partial charge is 0.366 e. The van der Waals surface area contributed by atoms with Crippen LogP contribution in [0, 0.1) is 0 Å². The zero-order valence-corrected chi connectivity index (χ0v) is 13.8. The van der Waals surface area contributed by atoms with Gasteiger partial charge in [0.05, 0.1) is 5.69 Å². The van der Waals surface area contributed by atoms with E-state index in [-0.39, 0.29) is 24.6 Å². The number of carbonyl (C=O) groups excluding carboxylic acids is 1. The predicted molar refractivity (Wildman–Crippen MR) is 89.6 cm³/mol. The van der Waals surface area contributed by atoms with Crippen LogP contribution in [0.25, 0.3) is 11.3 Å². The zero-order valence-electron chi connectivity index (χ0n) is 13.8. The summed E-state index contributed by atoms with van der Waals surface area (Å²) in [4.78, 5) is 22.0. The van der Waals surface area contributed by atoms with Crippen LogP contribution in [0.5, 0.6) is 0 Å². The quantitative estimate of drug-likeness (QED) is 0.929. The first kappa shape index (κ1) is 15.9. The molecule has 130 valence electrons. The van der Waals surface area contributed by atoms with E-state index in [4.69, 9.17) is 5.73 Å². The normalized spacial score (nSPS) is 20.9. The van der Waals surface area contributed by atoms with Crippen LogP contribution in [0.3, 0.4) is 0 Å². The fourth-order valence-corrected chi connectivity index (χ4v) is 3.38. The smallest absolute Gasteiger partial charge is 0.290 e. The molecular weight excluding hydrogens is 326 g/mol. The predicted octanol–water partition coefficient (Wildman–Crippen LogP) is 2.88. The molecular formula is C18H18F2N4O. The summed E-state index contributed by atoms with van der Waals surface area (Å²) >= 11 is 0. The molecule has 1 aliphatic carbocycles. The lowest BCUT2D eigenvalue weighted by Gasteiger charge is -2.39. The highest BCUT2D eigenvalue weighted by Gasteiger charge is 2.44. The maximum absolute atomic E-state index is 14.3. The highest BCUT2D eigenvalue weighted by Crippen LogP contribution is 2.44. The number of hydrogen-bond acceptors (Lipinski definition) is 4. The van der Waals surface area contributed by atoms with Crippen LogP contribution in [0.2, 0.25) is 0 Å². The number of nitrogens with two attached hydrogens (primary N) is 1. The van der Waals surface area contributed by atoms with Gasteiger partial charge in [-0.25, -0.2) is 9.97 Å². The summed E-state index contributed by atoms with van der Waals surface area (Å²) in [6.07, 6.45) is 0.993. The van der Waals surface area contributed by atoms with Gasteiger partial charge >= 0.3 is 0 Å². The molecule has 2 heterocycles. The average molecular weight is 344 g/mol. The van der Waals surface area contributed by atoms with Crippen molar-refractivity contribution in [3.63, 3.8) is 0 Å². The number of halogens is 2. The number of nitrogens with zero attached hydrogens (tertiary/aromatic N) is 3. The van der Waals surface area contributed by atoms with E-state index in [0.29, 0.717) is 28.3 Å². The lowest BCUT2D eigenvalue weighted by atomic mass is 10.0. The number of fused-ring (bicyclic) bond motifs is 1. The molecule has 2 N–H and O–H groups in total. The molecule has 5 nitrogen and oxygen atoms in total. The van der Waals surface area contributed by atoms with E-state index in [1.807, 2.05) is 11.8 Å². The second-order valence-electron chi connectivity index (χ2n) is 6.68. The van der Waals surface area contributed by atoms with Crippen molar-refractivity contribution in [1.29, 1.82) is 0 Å². The Morgan fingerprint density at radius 3 is 2.56 bits per heavy atom. The van der Waals surface area contributed by atoms with Crippen molar-refractivity contribution in [3.8, 4) is 11.3 Å². The van der Waals surface area contributed by atoms with Gasteiger partial charge in [-0.3, -0.25) is 4.79 Å². The molecule has 2 aromatic rings. The molecule has 0 unspecified atom stereocenters. The summed E-state index contributed by atoms with van der Waals surface area (Å²) < 4.78 is 28.6. The summed E-state index contributed by atoms with van der Waals surface area (Å²) in [5, 5.41) is 0. The molecule has 1 aromatic carbocycles. The third kappa shape index (κ3) is 2.54. The first-order chi connectivity index (χ1) is 11.9.